The summed E-state index contributed by atoms with van der Waals surface area (Å²) in [4.78, 5) is 11.4. The van der Waals surface area contributed by atoms with Crippen LogP contribution < -0.4 is 5.32 Å². The molecular formula is C12H23NO3. The highest BCUT2D eigenvalue weighted by atomic mass is 16.6. The lowest BCUT2D eigenvalue weighted by atomic mass is 10.0. The summed E-state index contributed by atoms with van der Waals surface area (Å²) in [5.74, 6) is 0.849. The minimum Gasteiger partial charge on any atom is -0.444 e. The minimum absolute atomic E-state index is 0.0718. The Balaban J connectivity index is 2.23. The number of alkyl carbamates (subject to hydrolysis) is 1. The number of amides is 1. The highest BCUT2D eigenvalue weighted by Gasteiger charge is 2.28. The molecule has 0 aromatic heterocycles. The molecule has 0 heterocycles. The molecule has 1 amide bonds. The first kappa shape index (κ1) is 13.3. The summed E-state index contributed by atoms with van der Waals surface area (Å²) >= 11 is 0. The van der Waals surface area contributed by atoms with Crippen LogP contribution in [0.25, 0.3) is 0 Å². The average Bonchev–Trinajstić information content (AvgIpc) is 2.97. The summed E-state index contributed by atoms with van der Waals surface area (Å²) in [5, 5.41) is 11.4. The number of ether oxygens (including phenoxy) is 1. The van der Waals surface area contributed by atoms with Gasteiger partial charge in [-0.2, -0.15) is 0 Å². The SMILES string of the molecule is C[C@@H](CO)NC(=O)OC(C)(C)CCC1CC1. The van der Waals surface area contributed by atoms with Crippen molar-refractivity contribution < 1.29 is 14.6 Å². The Labute approximate surface area is 97.4 Å². The Morgan fingerprint density at radius 3 is 2.69 bits per heavy atom. The number of hydrogen-bond acceptors (Lipinski definition) is 3. The second-order valence-electron chi connectivity index (χ2n) is 5.36. The molecule has 0 radical (unpaired) electrons. The molecule has 4 nitrogen and oxygen atoms in total. The van der Waals surface area contributed by atoms with Gasteiger partial charge in [-0.3, -0.25) is 0 Å². The molecule has 0 unspecified atom stereocenters. The highest BCUT2D eigenvalue weighted by Crippen LogP contribution is 2.35. The van der Waals surface area contributed by atoms with Crippen molar-refractivity contribution in [3.63, 3.8) is 0 Å². The maximum absolute atomic E-state index is 11.4. The Bertz CT molecular complexity index is 236. The number of hydrogen-bond donors (Lipinski definition) is 2. The van der Waals surface area contributed by atoms with Gasteiger partial charge in [0.05, 0.1) is 12.6 Å². The van der Waals surface area contributed by atoms with E-state index in [-0.39, 0.29) is 12.6 Å². The maximum Gasteiger partial charge on any atom is 0.407 e. The van der Waals surface area contributed by atoms with Crippen LogP contribution >= 0.6 is 0 Å². The van der Waals surface area contributed by atoms with Gasteiger partial charge >= 0.3 is 6.09 Å². The van der Waals surface area contributed by atoms with Crippen molar-refractivity contribution in [1.82, 2.24) is 5.32 Å². The first-order chi connectivity index (χ1) is 7.43. The van der Waals surface area contributed by atoms with Gasteiger partial charge in [-0.1, -0.05) is 12.8 Å². The van der Waals surface area contributed by atoms with E-state index in [0.29, 0.717) is 0 Å². The summed E-state index contributed by atoms with van der Waals surface area (Å²) in [6, 6.07) is -0.258. The van der Waals surface area contributed by atoms with Crippen molar-refractivity contribution in [2.75, 3.05) is 6.61 Å². The molecule has 1 aliphatic carbocycles. The number of carbonyl (C=O) groups excluding carboxylic acids is 1. The molecule has 16 heavy (non-hydrogen) atoms. The van der Waals surface area contributed by atoms with Crippen molar-refractivity contribution in [2.24, 2.45) is 5.92 Å². The summed E-state index contributed by atoms with van der Waals surface area (Å²) < 4.78 is 5.33. The molecule has 0 saturated heterocycles. The average molecular weight is 229 g/mol. The normalized spacial score (nSPS) is 18.0. The fraction of sp³-hybridized carbons (Fsp3) is 0.917. The standard InChI is InChI=1S/C12H23NO3/c1-9(8-14)13-11(15)16-12(2,3)7-6-10-4-5-10/h9-10,14H,4-8H2,1-3H3,(H,13,15)/t9-/m0/s1. The van der Waals surface area contributed by atoms with E-state index in [4.69, 9.17) is 9.84 Å². The summed E-state index contributed by atoms with van der Waals surface area (Å²) in [5.41, 5.74) is -0.415. The van der Waals surface area contributed by atoms with Crippen LogP contribution in [0, 0.1) is 5.92 Å². The Kier molecular flexibility index (Phi) is 4.59. The number of carbonyl (C=O) groups is 1. The van der Waals surface area contributed by atoms with Gasteiger partial charge in [0, 0.05) is 0 Å². The predicted octanol–water partition coefficient (Wildman–Crippen LogP) is 2.06. The van der Waals surface area contributed by atoms with E-state index < -0.39 is 11.7 Å². The van der Waals surface area contributed by atoms with Gasteiger partial charge in [-0.15, -0.1) is 0 Å². The molecule has 4 heteroatoms. The molecule has 1 aliphatic rings. The lowest BCUT2D eigenvalue weighted by molar-refractivity contribution is 0.0273. The zero-order chi connectivity index (χ0) is 12.2. The van der Waals surface area contributed by atoms with Crippen molar-refractivity contribution in [1.29, 1.82) is 0 Å². The van der Waals surface area contributed by atoms with Crippen LogP contribution in [0.15, 0.2) is 0 Å². The molecule has 0 aromatic rings. The molecule has 0 aliphatic heterocycles. The third-order valence-electron chi connectivity index (χ3n) is 2.86. The molecule has 1 rings (SSSR count). The first-order valence-electron chi connectivity index (χ1n) is 6.03. The fourth-order valence-corrected chi connectivity index (χ4v) is 1.54. The van der Waals surface area contributed by atoms with Crippen LogP contribution in [-0.4, -0.2) is 29.4 Å². The summed E-state index contributed by atoms with van der Waals surface area (Å²) in [6.45, 7) is 5.52. The largest absolute Gasteiger partial charge is 0.444 e. The predicted molar refractivity (Wildman–Crippen MR) is 62.2 cm³/mol. The van der Waals surface area contributed by atoms with E-state index in [9.17, 15) is 4.79 Å². The molecule has 1 fully saturated rings. The number of aliphatic hydroxyl groups excluding tert-OH is 1. The van der Waals surface area contributed by atoms with E-state index in [1.54, 1.807) is 6.92 Å². The van der Waals surface area contributed by atoms with Gasteiger partial charge in [0.1, 0.15) is 5.60 Å². The minimum atomic E-state index is -0.442. The van der Waals surface area contributed by atoms with Crippen LogP contribution in [0.1, 0.15) is 46.5 Å². The van der Waals surface area contributed by atoms with E-state index >= 15 is 0 Å². The second-order valence-corrected chi connectivity index (χ2v) is 5.36. The van der Waals surface area contributed by atoms with Crippen LogP contribution in [0.2, 0.25) is 0 Å². The Hall–Kier alpha value is -0.770. The molecule has 1 saturated carbocycles. The number of rotatable bonds is 6. The van der Waals surface area contributed by atoms with Crippen molar-refractivity contribution >= 4 is 6.09 Å². The fourth-order valence-electron chi connectivity index (χ4n) is 1.54. The van der Waals surface area contributed by atoms with Gasteiger partial charge in [0.15, 0.2) is 0 Å². The lowest BCUT2D eigenvalue weighted by Gasteiger charge is -2.26. The first-order valence-corrected chi connectivity index (χ1v) is 6.03. The Morgan fingerprint density at radius 2 is 2.19 bits per heavy atom. The smallest absolute Gasteiger partial charge is 0.407 e. The second kappa shape index (κ2) is 5.53. The van der Waals surface area contributed by atoms with E-state index in [2.05, 4.69) is 5.32 Å². The number of nitrogens with one attached hydrogen (secondary N) is 1. The quantitative estimate of drug-likeness (QED) is 0.733. The van der Waals surface area contributed by atoms with E-state index in [1.165, 1.54) is 12.8 Å². The zero-order valence-electron chi connectivity index (χ0n) is 10.5. The van der Waals surface area contributed by atoms with Crippen molar-refractivity contribution in [3.8, 4) is 0 Å². The van der Waals surface area contributed by atoms with Crippen molar-refractivity contribution in [3.05, 3.63) is 0 Å². The molecule has 94 valence electrons. The lowest BCUT2D eigenvalue weighted by Crippen LogP contribution is -2.40. The molecule has 0 spiro atoms. The molecule has 2 N–H and O–H groups in total. The Morgan fingerprint density at radius 1 is 1.56 bits per heavy atom. The van der Waals surface area contributed by atoms with E-state index in [0.717, 1.165) is 18.8 Å². The van der Waals surface area contributed by atoms with Crippen LogP contribution in [-0.2, 0) is 4.74 Å². The van der Waals surface area contributed by atoms with Gasteiger partial charge in [-0.25, -0.2) is 4.79 Å². The summed E-state index contributed by atoms with van der Waals surface area (Å²) in [7, 11) is 0. The van der Waals surface area contributed by atoms with E-state index in [1.807, 2.05) is 13.8 Å². The van der Waals surface area contributed by atoms with Crippen LogP contribution in [0.5, 0.6) is 0 Å². The van der Waals surface area contributed by atoms with Crippen molar-refractivity contribution in [2.45, 2.75) is 58.1 Å². The van der Waals surface area contributed by atoms with Crippen LogP contribution in [0.4, 0.5) is 4.79 Å². The zero-order valence-corrected chi connectivity index (χ0v) is 10.5. The third-order valence-corrected chi connectivity index (χ3v) is 2.86. The van der Waals surface area contributed by atoms with Crippen LogP contribution in [0.3, 0.4) is 0 Å². The molecule has 0 aromatic carbocycles. The highest BCUT2D eigenvalue weighted by molar-refractivity contribution is 5.68. The van der Waals surface area contributed by atoms with Gasteiger partial charge in [0.2, 0.25) is 0 Å². The van der Waals surface area contributed by atoms with Gasteiger partial charge < -0.3 is 15.2 Å². The molecular weight excluding hydrogens is 206 g/mol. The molecule has 0 bridgehead atoms. The topological polar surface area (TPSA) is 58.6 Å². The van der Waals surface area contributed by atoms with Gasteiger partial charge in [-0.05, 0) is 39.5 Å². The molecule has 1 atom stereocenters. The summed E-state index contributed by atoms with van der Waals surface area (Å²) in [6.07, 6.45) is 4.24. The number of aliphatic hydroxyl groups is 1. The monoisotopic (exact) mass is 229 g/mol. The van der Waals surface area contributed by atoms with Gasteiger partial charge in [0.25, 0.3) is 0 Å². The third kappa shape index (κ3) is 5.35. The maximum atomic E-state index is 11.4.